The maximum atomic E-state index is 12.1. The molecule has 0 aromatic heterocycles. The number of ether oxygens (including phenoxy) is 3. The number of para-hydroxylation sites is 1. The molecule has 0 saturated heterocycles. The SMILES string of the molecule is COc1ccc(CC(NC(=O)OC(C)(C)C)C(=O)O)cc1COc1ccccc1Cc1ccccc1. The number of aliphatic carboxylic acids is 1. The Balaban J connectivity index is 1.74. The van der Waals surface area contributed by atoms with Gasteiger partial charge in [-0.3, -0.25) is 0 Å². The molecule has 1 amide bonds. The molecule has 3 rings (SSSR count). The highest BCUT2D eigenvalue weighted by atomic mass is 16.6. The van der Waals surface area contributed by atoms with E-state index in [1.54, 1.807) is 40.0 Å². The van der Waals surface area contributed by atoms with Crippen LogP contribution in [0.2, 0.25) is 0 Å². The minimum Gasteiger partial charge on any atom is -0.496 e. The van der Waals surface area contributed by atoms with Gasteiger partial charge in [0.15, 0.2) is 0 Å². The Labute approximate surface area is 212 Å². The fourth-order valence-electron chi connectivity index (χ4n) is 3.72. The molecular formula is C29H33NO6. The Bertz CT molecular complexity index is 1170. The van der Waals surface area contributed by atoms with Gasteiger partial charge >= 0.3 is 12.1 Å². The van der Waals surface area contributed by atoms with Gasteiger partial charge in [-0.05, 0) is 55.7 Å². The molecule has 7 nitrogen and oxygen atoms in total. The first-order valence-electron chi connectivity index (χ1n) is 11.8. The van der Waals surface area contributed by atoms with Crippen molar-refractivity contribution in [1.82, 2.24) is 5.32 Å². The number of methoxy groups -OCH3 is 1. The number of benzene rings is 3. The first-order valence-corrected chi connectivity index (χ1v) is 11.8. The number of hydrogen-bond donors (Lipinski definition) is 2. The van der Waals surface area contributed by atoms with Crippen molar-refractivity contribution in [1.29, 1.82) is 0 Å². The van der Waals surface area contributed by atoms with Crippen LogP contribution in [0.15, 0.2) is 72.8 Å². The summed E-state index contributed by atoms with van der Waals surface area (Å²) in [5.74, 6) is 0.249. The predicted molar refractivity (Wildman–Crippen MR) is 138 cm³/mol. The molecule has 3 aromatic carbocycles. The van der Waals surface area contributed by atoms with Gasteiger partial charge in [-0.1, -0.05) is 54.6 Å². The van der Waals surface area contributed by atoms with E-state index in [9.17, 15) is 14.7 Å². The average Bonchev–Trinajstić information content (AvgIpc) is 2.82. The smallest absolute Gasteiger partial charge is 0.408 e. The maximum absolute atomic E-state index is 12.1. The standard InChI is InChI=1S/C29H33NO6/c1-29(2,3)36-28(33)30-24(27(31)32)18-21-14-15-25(34-4)23(17-21)19-35-26-13-9-8-12-22(26)16-20-10-6-5-7-11-20/h5-15,17,24H,16,18-19H2,1-4H3,(H,30,33)(H,31,32). The van der Waals surface area contributed by atoms with Crippen LogP contribution in [0.4, 0.5) is 4.79 Å². The number of carboxylic acids is 1. The van der Waals surface area contributed by atoms with Gasteiger partial charge in [0.25, 0.3) is 0 Å². The molecule has 1 atom stereocenters. The van der Waals surface area contributed by atoms with Crippen molar-refractivity contribution in [3.05, 3.63) is 95.1 Å². The zero-order valence-electron chi connectivity index (χ0n) is 21.1. The molecule has 7 heteroatoms. The quantitative estimate of drug-likeness (QED) is 0.395. The fourth-order valence-corrected chi connectivity index (χ4v) is 3.72. The molecule has 190 valence electrons. The summed E-state index contributed by atoms with van der Waals surface area (Å²) < 4.78 is 16.9. The largest absolute Gasteiger partial charge is 0.496 e. The molecule has 0 saturated carbocycles. The van der Waals surface area contributed by atoms with E-state index in [1.807, 2.05) is 48.5 Å². The van der Waals surface area contributed by atoms with Crippen molar-refractivity contribution in [2.45, 2.75) is 51.9 Å². The number of carboxylic acid groups (broad SMARTS) is 1. The van der Waals surface area contributed by atoms with Crippen molar-refractivity contribution in [3.63, 3.8) is 0 Å². The number of nitrogens with one attached hydrogen (secondary N) is 1. The Kier molecular flexibility index (Phi) is 8.95. The minimum absolute atomic E-state index is 0.0795. The fraction of sp³-hybridized carbons (Fsp3) is 0.310. The first-order chi connectivity index (χ1) is 17.1. The van der Waals surface area contributed by atoms with E-state index in [1.165, 1.54) is 5.56 Å². The van der Waals surface area contributed by atoms with Gasteiger partial charge in [-0.15, -0.1) is 0 Å². The van der Waals surface area contributed by atoms with Gasteiger partial charge in [0.05, 0.1) is 7.11 Å². The van der Waals surface area contributed by atoms with Crippen LogP contribution in [0, 0.1) is 0 Å². The van der Waals surface area contributed by atoms with Crippen molar-refractivity contribution >= 4 is 12.1 Å². The van der Waals surface area contributed by atoms with Crippen LogP contribution in [0.5, 0.6) is 11.5 Å². The van der Waals surface area contributed by atoms with E-state index in [4.69, 9.17) is 14.2 Å². The third-order valence-corrected chi connectivity index (χ3v) is 5.37. The van der Waals surface area contributed by atoms with Crippen molar-refractivity contribution in [3.8, 4) is 11.5 Å². The number of carbonyl (C=O) groups is 2. The molecule has 0 aliphatic carbocycles. The lowest BCUT2D eigenvalue weighted by Crippen LogP contribution is -2.44. The molecule has 2 N–H and O–H groups in total. The number of rotatable bonds is 10. The average molecular weight is 492 g/mol. The van der Waals surface area contributed by atoms with Gasteiger partial charge in [-0.25, -0.2) is 9.59 Å². The summed E-state index contributed by atoms with van der Waals surface area (Å²) in [6, 6.07) is 22.3. The third-order valence-electron chi connectivity index (χ3n) is 5.37. The molecule has 0 fully saturated rings. The van der Waals surface area contributed by atoms with E-state index in [0.29, 0.717) is 5.75 Å². The maximum Gasteiger partial charge on any atom is 0.408 e. The van der Waals surface area contributed by atoms with E-state index in [-0.39, 0.29) is 13.0 Å². The molecule has 0 aliphatic rings. The van der Waals surface area contributed by atoms with Gasteiger partial charge in [0, 0.05) is 18.4 Å². The van der Waals surface area contributed by atoms with E-state index >= 15 is 0 Å². The topological polar surface area (TPSA) is 94.1 Å². The Hall–Kier alpha value is -4.00. The summed E-state index contributed by atoms with van der Waals surface area (Å²) in [5.41, 5.74) is 3.01. The van der Waals surface area contributed by atoms with Gasteiger partial charge in [0.1, 0.15) is 29.7 Å². The molecular weight excluding hydrogens is 458 g/mol. The lowest BCUT2D eigenvalue weighted by molar-refractivity contribution is -0.139. The Morgan fingerprint density at radius 2 is 1.58 bits per heavy atom. The van der Waals surface area contributed by atoms with E-state index in [2.05, 4.69) is 17.4 Å². The summed E-state index contributed by atoms with van der Waals surface area (Å²) in [7, 11) is 1.58. The highest BCUT2D eigenvalue weighted by Crippen LogP contribution is 2.26. The summed E-state index contributed by atoms with van der Waals surface area (Å²) in [5, 5.41) is 12.1. The summed E-state index contributed by atoms with van der Waals surface area (Å²) >= 11 is 0. The van der Waals surface area contributed by atoms with E-state index < -0.39 is 23.7 Å². The van der Waals surface area contributed by atoms with Crippen LogP contribution in [-0.2, 0) is 29.0 Å². The van der Waals surface area contributed by atoms with Crippen LogP contribution in [0.25, 0.3) is 0 Å². The van der Waals surface area contributed by atoms with Crippen LogP contribution in [0.1, 0.15) is 43.0 Å². The second-order valence-electron chi connectivity index (χ2n) is 9.45. The highest BCUT2D eigenvalue weighted by Gasteiger charge is 2.24. The van der Waals surface area contributed by atoms with Gasteiger partial charge in [-0.2, -0.15) is 0 Å². The summed E-state index contributed by atoms with van der Waals surface area (Å²) in [6.45, 7) is 5.39. The van der Waals surface area contributed by atoms with Crippen LogP contribution < -0.4 is 14.8 Å². The highest BCUT2D eigenvalue weighted by molar-refractivity contribution is 5.80. The second-order valence-corrected chi connectivity index (χ2v) is 9.45. The second kappa shape index (κ2) is 12.1. The Morgan fingerprint density at radius 1 is 0.889 bits per heavy atom. The molecule has 0 aliphatic heterocycles. The van der Waals surface area contributed by atoms with Crippen LogP contribution in [-0.4, -0.2) is 35.9 Å². The molecule has 1 unspecified atom stereocenters. The van der Waals surface area contributed by atoms with Gasteiger partial charge < -0.3 is 24.6 Å². The molecule has 3 aromatic rings. The lowest BCUT2D eigenvalue weighted by atomic mass is 10.0. The molecule has 0 bridgehead atoms. The van der Waals surface area contributed by atoms with Crippen molar-refractivity contribution in [2.75, 3.05) is 7.11 Å². The number of amides is 1. The third kappa shape index (κ3) is 8.05. The first kappa shape index (κ1) is 26.6. The number of carbonyl (C=O) groups excluding carboxylic acids is 1. The van der Waals surface area contributed by atoms with Gasteiger partial charge in [0.2, 0.25) is 0 Å². The number of alkyl carbamates (subject to hydrolysis) is 1. The predicted octanol–water partition coefficient (Wildman–Crippen LogP) is 5.39. The normalized spacial score (nSPS) is 11.9. The van der Waals surface area contributed by atoms with Crippen LogP contribution in [0.3, 0.4) is 0 Å². The molecule has 36 heavy (non-hydrogen) atoms. The number of hydrogen-bond acceptors (Lipinski definition) is 5. The summed E-state index contributed by atoms with van der Waals surface area (Å²) in [4.78, 5) is 23.9. The van der Waals surface area contributed by atoms with Crippen molar-refractivity contribution < 1.29 is 28.9 Å². The van der Waals surface area contributed by atoms with Crippen LogP contribution >= 0.6 is 0 Å². The zero-order chi connectivity index (χ0) is 26.1. The Morgan fingerprint density at radius 3 is 2.25 bits per heavy atom. The monoisotopic (exact) mass is 491 g/mol. The van der Waals surface area contributed by atoms with Crippen molar-refractivity contribution in [2.24, 2.45) is 0 Å². The molecule has 0 spiro atoms. The van der Waals surface area contributed by atoms with E-state index in [0.717, 1.165) is 28.9 Å². The zero-order valence-corrected chi connectivity index (χ0v) is 21.1. The minimum atomic E-state index is -1.15. The summed E-state index contributed by atoms with van der Waals surface area (Å²) in [6.07, 6.45) is 0.0445. The molecule has 0 radical (unpaired) electrons. The lowest BCUT2D eigenvalue weighted by Gasteiger charge is -2.22. The molecule has 0 heterocycles.